The molecule has 0 aliphatic carbocycles. The van der Waals surface area contributed by atoms with Gasteiger partial charge < -0.3 is 9.42 Å². The van der Waals surface area contributed by atoms with E-state index in [1.54, 1.807) is 36.2 Å². The monoisotopic (exact) mass is 449 g/mol. The normalized spacial score (nSPS) is 11.8. The SMILES string of the molecule is CN(C(=O)CCc1nc(-c2ccc(Cl)cc2)no1)C(c1ccccc1)c1ccc(F)cc1. The molecule has 4 aromatic rings. The molecule has 7 heteroatoms. The van der Waals surface area contributed by atoms with E-state index >= 15 is 0 Å². The lowest BCUT2D eigenvalue weighted by Crippen LogP contribution is -2.32. The molecule has 0 saturated heterocycles. The predicted octanol–water partition coefficient (Wildman–Crippen LogP) is 5.71. The molecule has 4 rings (SSSR count). The molecule has 32 heavy (non-hydrogen) atoms. The third kappa shape index (κ3) is 5.03. The number of aromatic nitrogens is 2. The lowest BCUT2D eigenvalue weighted by molar-refractivity contribution is -0.131. The molecule has 0 N–H and O–H groups in total. The van der Waals surface area contributed by atoms with Crippen molar-refractivity contribution in [2.24, 2.45) is 0 Å². The Bertz CT molecular complexity index is 1180. The maximum Gasteiger partial charge on any atom is 0.227 e. The molecule has 0 saturated carbocycles. The van der Waals surface area contributed by atoms with Crippen molar-refractivity contribution in [2.75, 3.05) is 7.05 Å². The van der Waals surface area contributed by atoms with Gasteiger partial charge in [-0.1, -0.05) is 59.2 Å². The second-order valence-electron chi connectivity index (χ2n) is 7.39. The van der Waals surface area contributed by atoms with Gasteiger partial charge in [0.1, 0.15) is 5.82 Å². The fourth-order valence-corrected chi connectivity index (χ4v) is 3.65. The summed E-state index contributed by atoms with van der Waals surface area (Å²) in [6.45, 7) is 0. The Morgan fingerprint density at radius 1 is 1.00 bits per heavy atom. The molecule has 0 fully saturated rings. The van der Waals surface area contributed by atoms with E-state index in [0.29, 0.717) is 23.2 Å². The van der Waals surface area contributed by atoms with Gasteiger partial charge in [-0.05, 0) is 47.5 Å². The summed E-state index contributed by atoms with van der Waals surface area (Å²) in [7, 11) is 1.75. The van der Waals surface area contributed by atoms with E-state index in [0.717, 1.165) is 16.7 Å². The summed E-state index contributed by atoms with van der Waals surface area (Å²) in [5.74, 6) is 0.428. The second-order valence-corrected chi connectivity index (χ2v) is 7.82. The highest BCUT2D eigenvalue weighted by Gasteiger charge is 2.24. The maximum atomic E-state index is 13.5. The van der Waals surface area contributed by atoms with E-state index in [-0.39, 0.29) is 24.2 Å². The number of benzene rings is 3. The topological polar surface area (TPSA) is 59.2 Å². The van der Waals surface area contributed by atoms with Crippen molar-refractivity contribution in [1.82, 2.24) is 15.0 Å². The van der Waals surface area contributed by atoms with Crippen molar-refractivity contribution in [2.45, 2.75) is 18.9 Å². The first-order chi connectivity index (χ1) is 15.5. The quantitative estimate of drug-likeness (QED) is 0.362. The average molecular weight is 450 g/mol. The first-order valence-electron chi connectivity index (χ1n) is 10.2. The lowest BCUT2D eigenvalue weighted by Gasteiger charge is -2.29. The van der Waals surface area contributed by atoms with Crippen LogP contribution in [-0.2, 0) is 11.2 Å². The molecule has 0 aliphatic rings. The molecular weight excluding hydrogens is 429 g/mol. The number of carbonyl (C=O) groups is 1. The number of rotatable bonds is 7. The Morgan fingerprint density at radius 2 is 1.66 bits per heavy atom. The van der Waals surface area contributed by atoms with Crippen LogP contribution >= 0.6 is 11.6 Å². The minimum atomic E-state index is -0.336. The zero-order chi connectivity index (χ0) is 22.5. The summed E-state index contributed by atoms with van der Waals surface area (Å²) in [6.07, 6.45) is 0.512. The second kappa shape index (κ2) is 9.75. The van der Waals surface area contributed by atoms with Crippen molar-refractivity contribution in [3.8, 4) is 11.4 Å². The molecule has 1 unspecified atom stereocenters. The van der Waals surface area contributed by atoms with Gasteiger partial charge in [-0.15, -0.1) is 0 Å². The summed E-state index contributed by atoms with van der Waals surface area (Å²) in [5.41, 5.74) is 2.56. The van der Waals surface area contributed by atoms with E-state index in [2.05, 4.69) is 10.1 Å². The van der Waals surface area contributed by atoms with Gasteiger partial charge in [0.25, 0.3) is 0 Å². The Morgan fingerprint density at radius 3 is 2.34 bits per heavy atom. The van der Waals surface area contributed by atoms with E-state index in [1.165, 1.54) is 12.1 Å². The molecule has 5 nitrogen and oxygen atoms in total. The summed E-state index contributed by atoms with van der Waals surface area (Å²) in [6, 6.07) is 22.7. The van der Waals surface area contributed by atoms with Crippen molar-refractivity contribution in [3.63, 3.8) is 0 Å². The summed E-state index contributed by atoms with van der Waals surface area (Å²) in [4.78, 5) is 19.1. The number of nitrogens with zero attached hydrogens (tertiary/aromatic N) is 3. The van der Waals surface area contributed by atoms with Gasteiger partial charge in [0, 0.05) is 30.5 Å². The highest BCUT2D eigenvalue weighted by molar-refractivity contribution is 6.30. The fourth-order valence-electron chi connectivity index (χ4n) is 3.53. The third-order valence-corrected chi connectivity index (χ3v) is 5.46. The lowest BCUT2D eigenvalue weighted by atomic mass is 9.97. The molecule has 1 atom stereocenters. The summed E-state index contributed by atoms with van der Waals surface area (Å²) < 4.78 is 18.8. The van der Waals surface area contributed by atoms with Crippen molar-refractivity contribution in [3.05, 3.63) is 107 Å². The minimum Gasteiger partial charge on any atom is -0.339 e. The van der Waals surface area contributed by atoms with E-state index in [4.69, 9.17) is 16.1 Å². The van der Waals surface area contributed by atoms with Crippen LogP contribution in [0.4, 0.5) is 4.39 Å². The van der Waals surface area contributed by atoms with Gasteiger partial charge in [-0.25, -0.2) is 4.39 Å². The summed E-state index contributed by atoms with van der Waals surface area (Å²) >= 11 is 5.92. The van der Waals surface area contributed by atoms with Crippen molar-refractivity contribution >= 4 is 17.5 Å². The largest absolute Gasteiger partial charge is 0.339 e. The van der Waals surface area contributed by atoms with Gasteiger partial charge >= 0.3 is 0 Å². The van der Waals surface area contributed by atoms with Crippen molar-refractivity contribution < 1.29 is 13.7 Å². The standard InChI is InChI=1S/C25H21ClFN3O2/c1-30(24(17-5-3-2-4-6-17)18-9-13-21(27)14-10-18)23(31)16-15-22-28-25(29-32-22)19-7-11-20(26)12-8-19/h2-14,24H,15-16H2,1H3. The van der Waals surface area contributed by atoms with Crippen LogP contribution in [0.25, 0.3) is 11.4 Å². The van der Waals surface area contributed by atoms with Crippen LogP contribution in [-0.4, -0.2) is 28.0 Å². The van der Waals surface area contributed by atoms with Crippen molar-refractivity contribution in [1.29, 1.82) is 0 Å². The fraction of sp³-hybridized carbons (Fsp3) is 0.160. The number of amides is 1. The van der Waals surface area contributed by atoms with Crippen LogP contribution in [0.5, 0.6) is 0 Å². The number of aryl methyl sites for hydroxylation is 1. The Kier molecular flexibility index (Phi) is 6.61. The molecule has 162 valence electrons. The molecule has 1 amide bonds. The van der Waals surface area contributed by atoms with Gasteiger partial charge in [-0.3, -0.25) is 4.79 Å². The zero-order valence-electron chi connectivity index (χ0n) is 17.4. The number of hydrogen-bond acceptors (Lipinski definition) is 4. The minimum absolute atomic E-state index is 0.0885. The van der Waals surface area contributed by atoms with Gasteiger partial charge in [0.15, 0.2) is 0 Å². The van der Waals surface area contributed by atoms with Crippen LogP contribution < -0.4 is 0 Å². The predicted molar refractivity (Wildman–Crippen MR) is 121 cm³/mol. The molecule has 0 aliphatic heterocycles. The maximum absolute atomic E-state index is 13.5. The Hall–Kier alpha value is -3.51. The highest BCUT2D eigenvalue weighted by atomic mass is 35.5. The van der Waals surface area contributed by atoms with Crippen LogP contribution in [0, 0.1) is 5.82 Å². The molecule has 1 aromatic heterocycles. The number of hydrogen-bond donors (Lipinski definition) is 0. The number of carbonyl (C=O) groups excluding carboxylic acids is 1. The van der Waals surface area contributed by atoms with Crippen LogP contribution in [0.1, 0.15) is 29.5 Å². The molecule has 0 bridgehead atoms. The molecule has 3 aromatic carbocycles. The van der Waals surface area contributed by atoms with Crippen LogP contribution in [0.3, 0.4) is 0 Å². The smallest absolute Gasteiger partial charge is 0.227 e. The highest BCUT2D eigenvalue weighted by Crippen LogP contribution is 2.28. The first kappa shape index (κ1) is 21.7. The average Bonchev–Trinajstić information content (AvgIpc) is 3.29. The summed E-state index contributed by atoms with van der Waals surface area (Å²) in [5, 5.41) is 4.61. The van der Waals surface area contributed by atoms with Gasteiger partial charge in [0.05, 0.1) is 6.04 Å². The van der Waals surface area contributed by atoms with E-state index in [1.807, 2.05) is 42.5 Å². The number of halogens is 2. The molecule has 1 heterocycles. The van der Waals surface area contributed by atoms with Crippen LogP contribution in [0.2, 0.25) is 5.02 Å². The molecular formula is C25H21ClFN3O2. The Balaban J connectivity index is 1.48. The molecule has 0 spiro atoms. The van der Waals surface area contributed by atoms with Gasteiger partial charge in [0.2, 0.25) is 17.6 Å². The first-order valence-corrected chi connectivity index (χ1v) is 10.5. The van der Waals surface area contributed by atoms with Gasteiger partial charge in [-0.2, -0.15) is 4.98 Å². The van der Waals surface area contributed by atoms with E-state index in [9.17, 15) is 9.18 Å². The zero-order valence-corrected chi connectivity index (χ0v) is 18.2. The van der Waals surface area contributed by atoms with Crippen LogP contribution in [0.15, 0.2) is 83.4 Å². The third-order valence-electron chi connectivity index (χ3n) is 5.20. The van der Waals surface area contributed by atoms with E-state index < -0.39 is 0 Å². The molecule has 0 radical (unpaired) electrons. The Labute approximate surface area is 190 Å².